The van der Waals surface area contributed by atoms with Gasteiger partial charge >= 0.3 is 0 Å². The van der Waals surface area contributed by atoms with Crippen molar-refractivity contribution in [3.05, 3.63) is 142 Å². The summed E-state index contributed by atoms with van der Waals surface area (Å²) < 4.78 is 2.10. The van der Waals surface area contributed by atoms with Crippen molar-refractivity contribution < 1.29 is 0 Å². The van der Waals surface area contributed by atoms with Crippen LogP contribution in [0.4, 0.5) is 34.1 Å². The fourth-order valence-corrected chi connectivity index (χ4v) is 4.56. The maximum Gasteiger partial charge on any atom is 0.0702 e. The number of hydrogen-bond donors (Lipinski definition) is 0. The number of hydrogen-bond acceptors (Lipinski definition) is 2. The van der Waals surface area contributed by atoms with Crippen LogP contribution in [0.2, 0.25) is 0 Å². The summed E-state index contributed by atoms with van der Waals surface area (Å²) in [5.41, 5.74) is 6.55. The van der Waals surface area contributed by atoms with E-state index in [1.807, 2.05) is 0 Å². The SMILES string of the molecule is Brc1ccc(N(c2ccc(Br)cc2)c2ccccc2N(c2ccccc2)c2ccccc2)cc1. The first-order valence-electron chi connectivity index (χ1n) is 11.0. The predicted octanol–water partition coefficient (Wildman–Crippen LogP) is 10.2. The number of benzene rings is 5. The fourth-order valence-electron chi connectivity index (χ4n) is 4.03. The van der Waals surface area contributed by atoms with Gasteiger partial charge in [0, 0.05) is 31.7 Å². The van der Waals surface area contributed by atoms with Gasteiger partial charge in [-0.3, -0.25) is 0 Å². The lowest BCUT2D eigenvalue weighted by Gasteiger charge is -2.33. The zero-order chi connectivity index (χ0) is 23.3. The maximum absolute atomic E-state index is 3.58. The van der Waals surface area contributed by atoms with Crippen molar-refractivity contribution in [3.63, 3.8) is 0 Å². The molecule has 0 amide bonds. The van der Waals surface area contributed by atoms with E-state index in [1.54, 1.807) is 0 Å². The molecule has 0 bridgehead atoms. The molecule has 0 N–H and O–H groups in total. The lowest BCUT2D eigenvalue weighted by molar-refractivity contribution is 1.22. The number of halogens is 2. The normalized spacial score (nSPS) is 10.6. The van der Waals surface area contributed by atoms with Crippen molar-refractivity contribution in [1.82, 2.24) is 0 Å². The van der Waals surface area contributed by atoms with E-state index in [-0.39, 0.29) is 0 Å². The first-order chi connectivity index (χ1) is 16.7. The van der Waals surface area contributed by atoms with Crippen molar-refractivity contribution in [3.8, 4) is 0 Å². The van der Waals surface area contributed by atoms with Gasteiger partial charge in [-0.05, 0) is 84.9 Å². The Bertz CT molecular complexity index is 1270. The van der Waals surface area contributed by atoms with Crippen LogP contribution in [0.15, 0.2) is 142 Å². The maximum atomic E-state index is 3.58. The molecule has 5 aromatic carbocycles. The number of anilines is 6. The van der Waals surface area contributed by atoms with Gasteiger partial charge in [-0.25, -0.2) is 0 Å². The Morgan fingerprint density at radius 2 is 0.618 bits per heavy atom. The summed E-state index contributed by atoms with van der Waals surface area (Å²) in [7, 11) is 0. The van der Waals surface area contributed by atoms with Gasteiger partial charge in [-0.2, -0.15) is 0 Å². The molecule has 0 heterocycles. The Kier molecular flexibility index (Phi) is 6.79. The Morgan fingerprint density at radius 1 is 0.324 bits per heavy atom. The molecule has 166 valence electrons. The average Bonchev–Trinajstić information content (AvgIpc) is 2.89. The second-order valence-corrected chi connectivity index (χ2v) is 9.61. The molecule has 2 nitrogen and oxygen atoms in total. The van der Waals surface area contributed by atoms with Gasteiger partial charge in [-0.1, -0.05) is 80.4 Å². The highest BCUT2D eigenvalue weighted by molar-refractivity contribution is 9.10. The monoisotopic (exact) mass is 568 g/mol. The Balaban J connectivity index is 1.74. The predicted molar refractivity (Wildman–Crippen MR) is 151 cm³/mol. The molecule has 0 atom stereocenters. The Morgan fingerprint density at radius 3 is 0.971 bits per heavy atom. The van der Waals surface area contributed by atoms with E-state index in [1.165, 1.54) is 0 Å². The highest BCUT2D eigenvalue weighted by Gasteiger charge is 2.21. The topological polar surface area (TPSA) is 6.48 Å². The molecule has 0 fully saturated rings. The second kappa shape index (κ2) is 10.3. The van der Waals surface area contributed by atoms with E-state index in [0.29, 0.717) is 0 Å². The zero-order valence-electron chi connectivity index (χ0n) is 18.4. The zero-order valence-corrected chi connectivity index (χ0v) is 21.5. The van der Waals surface area contributed by atoms with Crippen LogP contribution in [-0.2, 0) is 0 Å². The van der Waals surface area contributed by atoms with E-state index in [2.05, 4.69) is 175 Å². The van der Waals surface area contributed by atoms with Gasteiger partial charge in [0.1, 0.15) is 0 Å². The van der Waals surface area contributed by atoms with Crippen molar-refractivity contribution in [2.75, 3.05) is 9.80 Å². The van der Waals surface area contributed by atoms with E-state index in [4.69, 9.17) is 0 Å². The van der Waals surface area contributed by atoms with E-state index >= 15 is 0 Å². The lowest BCUT2D eigenvalue weighted by atomic mass is 10.1. The van der Waals surface area contributed by atoms with Crippen LogP contribution in [0.25, 0.3) is 0 Å². The second-order valence-electron chi connectivity index (χ2n) is 7.78. The summed E-state index contributed by atoms with van der Waals surface area (Å²) in [6.07, 6.45) is 0. The molecule has 5 rings (SSSR count). The lowest BCUT2D eigenvalue weighted by Crippen LogP contribution is -2.16. The van der Waals surface area contributed by atoms with Crippen molar-refractivity contribution in [2.24, 2.45) is 0 Å². The summed E-state index contributed by atoms with van der Waals surface area (Å²) in [6, 6.07) is 46.4. The minimum absolute atomic E-state index is 1.05. The molecule has 0 saturated heterocycles. The van der Waals surface area contributed by atoms with Gasteiger partial charge in [-0.15, -0.1) is 0 Å². The summed E-state index contributed by atoms with van der Waals surface area (Å²) in [4.78, 5) is 4.60. The van der Waals surface area contributed by atoms with E-state index in [0.717, 1.165) is 43.1 Å². The smallest absolute Gasteiger partial charge is 0.0702 e. The van der Waals surface area contributed by atoms with Gasteiger partial charge in [0.2, 0.25) is 0 Å². The van der Waals surface area contributed by atoms with Crippen LogP contribution < -0.4 is 9.80 Å². The molecule has 5 aromatic rings. The van der Waals surface area contributed by atoms with Gasteiger partial charge in [0.05, 0.1) is 11.4 Å². The number of nitrogens with zero attached hydrogens (tertiary/aromatic N) is 2. The van der Waals surface area contributed by atoms with E-state index in [9.17, 15) is 0 Å². The van der Waals surface area contributed by atoms with E-state index < -0.39 is 0 Å². The number of rotatable bonds is 6. The molecule has 0 aliphatic heterocycles. The van der Waals surface area contributed by atoms with Crippen LogP contribution in [0, 0.1) is 0 Å². The Hall–Kier alpha value is -3.34. The molecule has 0 aliphatic carbocycles. The molecule has 0 radical (unpaired) electrons. The van der Waals surface area contributed by atoms with Crippen molar-refractivity contribution in [2.45, 2.75) is 0 Å². The fraction of sp³-hybridized carbons (Fsp3) is 0. The summed E-state index contributed by atoms with van der Waals surface area (Å²) in [6.45, 7) is 0. The quantitative estimate of drug-likeness (QED) is 0.201. The molecule has 4 heteroatoms. The van der Waals surface area contributed by atoms with Gasteiger partial charge in [0.15, 0.2) is 0 Å². The summed E-state index contributed by atoms with van der Waals surface area (Å²) in [5, 5.41) is 0. The third-order valence-corrected chi connectivity index (χ3v) is 6.62. The summed E-state index contributed by atoms with van der Waals surface area (Å²) in [5.74, 6) is 0. The average molecular weight is 570 g/mol. The molecule has 34 heavy (non-hydrogen) atoms. The molecular formula is C30H22Br2N2. The highest BCUT2D eigenvalue weighted by atomic mass is 79.9. The van der Waals surface area contributed by atoms with Crippen LogP contribution >= 0.6 is 31.9 Å². The minimum Gasteiger partial charge on any atom is -0.308 e. The number of para-hydroxylation sites is 4. The third kappa shape index (κ3) is 4.79. The third-order valence-electron chi connectivity index (χ3n) is 5.56. The molecule has 0 saturated carbocycles. The first kappa shape index (κ1) is 22.5. The van der Waals surface area contributed by atoms with Crippen LogP contribution in [-0.4, -0.2) is 0 Å². The minimum atomic E-state index is 1.05. The first-order valence-corrected chi connectivity index (χ1v) is 12.6. The molecule has 0 aliphatic rings. The van der Waals surface area contributed by atoms with Crippen molar-refractivity contribution >= 4 is 66.0 Å². The molecule has 0 unspecified atom stereocenters. The molecule has 0 aromatic heterocycles. The molecule has 0 spiro atoms. The van der Waals surface area contributed by atoms with Gasteiger partial charge in [0.25, 0.3) is 0 Å². The van der Waals surface area contributed by atoms with Crippen molar-refractivity contribution in [1.29, 1.82) is 0 Å². The van der Waals surface area contributed by atoms with Crippen LogP contribution in [0.5, 0.6) is 0 Å². The van der Waals surface area contributed by atoms with Gasteiger partial charge < -0.3 is 9.80 Å². The largest absolute Gasteiger partial charge is 0.308 e. The standard InChI is InChI=1S/C30H22Br2N2/c31-23-15-19-27(20-16-23)34(28-21-17-24(32)18-22-28)30-14-8-7-13-29(30)33(25-9-3-1-4-10-25)26-11-5-2-6-12-26/h1-22H. The summed E-state index contributed by atoms with van der Waals surface area (Å²) >= 11 is 7.17. The Labute approximate surface area is 217 Å². The van der Waals surface area contributed by atoms with Crippen LogP contribution in [0.1, 0.15) is 0 Å². The molecular weight excluding hydrogens is 548 g/mol. The van der Waals surface area contributed by atoms with Crippen LogP contribution in [0.3, 0.4) is 0 Å². The highest BCUT2D eigenvalue weighted by Crippen LogP contribution is 2.45.